The molecule has 1 saturated heterocycles. The lowest BCUT2D eigenvalue weighted by molar-refractivity contribution is -0.144. The largest absolute Gasteiger partial charge is 0.478 e. The molecule has 2 aromatic carbocycles. The number of rotatable bonds is 8. The fourth-order valence-electron chi connectivity index (χ4n) is 4.07. The van der Waals surface area contributed by atoms with Gasteiger partial charge in [0.25, 0.3) is 0 Å². The Labute approximate surface area is 200 Å². The van der Waals surface area contributed by atoms with Gasteiger partial charge in [-0.2, -0.15) is 0 Å². The maximum atomic E-state index is 11.2. The first kappa shape index (κ1) is 27.5. The summed E-state index contributed by atoms with van der Waals surface area (Å²) in [5.41, 5.74) is 3.44. The molecular formula is C25H32NO7P. The summed E-state index contributed by atoms with van der Waals surface area (Å²) in [6.07, 6.45) is 1.46. The number of aliphatic carboxylic acids is 1. The van der Waals surface area contributed by atoms with Crippen LogP contribution in [0.3, 0.4) is 0 Å². The van der Waals surface area contributed by atoms with Crippen LogP contribution in [-0.4, -0.2) is 57.1 Å². The molecule has 0 bridgehead atoms. The number of methoxy groups -OCH3 is 1. The lowest BCUT2D eigenvalue weighted by atomic mass is 9.93. The quantitative estimate of drug-likeness (QED) is 0.289. The maximum Gasteiger partial charge on any atom is 0.342 e. The Bertz CT molecular complexity index is 982. The summed E-state index contributed by atoms with van der Waals surface area (Å²) in [4.78, 5) is 42.3. The molecule has 9 heteroatoms. The molecule has 0 saturated carbocycles. The van der Waals surface area contributed by atoms with Crippen molar-refractivity contribution >= 4 is 19.5 Å². The van der Waals surface area contributed by atoms with Crippen LogP contribution in [0.2, 0.25) is 0 Å². The van der Waals surface area contributed by atoms with Crippen LogP contribution in [0.25, 0.3) is 0 Å². The van der Waals surface area contributed by atoms with Gasteiger partial charge in [-0.1, -0.05) is 74.5 Å². The van der Waals surface area contributed by atoms with E-state index in [-0.39, 0.29) is 18.9 Å². The molecule has 0 spiro atoms. The third-order valence-corrected chi connectivity index (χ3v) is 7.96. The van der Waals surface area contributed by atoms with E-state index in [1.807, 2.05) is 36.4 Å². The highest BCUT2D eigenvalue weighted by Crippen LogP contribution is 2.55. The molecule has 3 N–H and O–H groups in total. The van der Waals surface area contributed by atoms with Crippen molar-refractivity contribution in [2.45, 2.75) is 37.9 Å². The zero-order valence-electron chi connectivity index (χ0n) is 19.6. The molecule has 0 unspecified atom stereocenters. The molecule has 1 aliphatic heterocycles. The van der Waals surface area contributed by atoms with E-state index in [0.29, 0.717) is 13.1 Å². The average Bonchev–Trinajstić information content (AvgIpc) is 2.79. The first-order valence-electron chi connectivity index (χ1n) is 11.0. The number of nitrogens with zero attached hydrogens (tertiary/aromatic N) is 1. The third kappa shape index (κ3) is 6.42. The Morgan fingerprint density at radius 3 is 1.74 bits per heavy atom. The standard InChI is InChI=1S/C18H17NO2.C7H15O5P/c20-17(21)11-14-12-19(13-14)18(15-7-3-1-4-8-15)16-9-5-2-6-10-16;1-4-7(5-2,6(8)12-3)13(9,10)11/h1-11,18H,12-13H2,(H,20,21);4-5H2,1-3H3,(H2,9,10,11). The fourth-order valence-corrected chi connectivity index (χ4v) is 5.22. The zero-order chi connectivity index (χ0) is 25.4. The van der Waals surface area contributed by atoms with Crippen LogP contribution in [-0.2, 0) is 18.9 Å². The molecule has 1 fully saturated rings. The molecule has 1 heterocycles. The Balaban J connectivity index is 0.000000273. The monoisotopic (exact) mass is 489 g/mol. The molecule has 184 valence electrons. The lowest BCUT2D eigenvalue weighted by Gasteiger charge is -2.41. The predicted molar refractivity (Wildman–Crippen MR) is 129 cm³/mol. The number of carbonyl (C=O) groups is 2. The summed E-state index contributed by atoms with van der Waals surface area (Å²) in [5.74, 6) is -1.70. The summed E-state index contributed by atoms with van der Waals surface area (Å²) < 4.78 is 15.5. The second kappa shape index (κ2) is 12.1. The van der Waals surface area contributed by atoms with E-state index in [1.165, 1.54) is 17.2 Å². The molecule has 2 aromatic rings. The van der Waals surface area contributed by atoms with Crippen molar-refractivity contribution in [1.29, 1.82) is 0 Å². The Kier molecular flexibility index (Phi) is 9.77. The lowest BCUT2D eigenvalue weighted by Crippen LogP contribution is -2.43. The highest BCUT2D eigenvalue weighted by Gasteiger charge is 2.51. The van der Waals surface area contributed by atoms with Crippen LogP contribution in [0.15, 0.2) is 72.3 Å². The smallest absolute Gasteiger partial charge is 0.342 e. The molecular weight excluding hydrogens is 457 g/mol. The molecule has 0 amide bonds. The molecule has 34 heavy (non-hydrogen) atoms. The van der Waals surface area contributed by atoms with Gasteiger partial charge in [-0.15, -0.1) is 0 Å². The van der Waals surface area contributed by atoms with Crippen molar-refractivity contribution in [2.24, 2.45) is 0 Å². The Morgan fingerprint density at radius 2 is 1.44 bits per heavy atom. The molecule has 8 nitrogen and oxygen atoms in total. The Morgan fingerprint density at radius 1 is 1.00 bits per heavy atom. The van der Waals surface area contributed by atoms with Gasteiger partial charge in [-0.3, -0.25) is 14.3 Å². The van der Waals surface area contributed by atoms with Crippen molar-refractivity contribution in [3.63, 3.8) is 0 Å². The van der Waals surface area contributed by atoms with Crippen LogP contribution < -0.4 is 0 Å². The zero-order valence-corrected chi connectivity index (χ0v) is 20.5. The van der Waals surface area contributed by atoms with Gasteiger partial charge < -0.3 is 19.6 Å². The van der Waals surface area contributed by atoms with Gasteiger partial charge in [0.15, 0.2) is 5.16 Å². The number of ether oxygens (including phenoxy) is 1. The van der Waals surface area contributed by atoms with Crippen LogP contribution in [0, 0.1) is 0 Å². The van der Waals surface area contributed by atoms with Crippen molar-refractivity contribution < 1.29 is 33.8 Å². The first-order chi connectivity index (χ1) is 16.1. The highest BCUT2D eigenvalue weighted by atomic mass is 31.2. The van der Waals surface area contributed by atoms with Crippen molar-refractivity contribution in [3.05, 3.63) is 83.4 Å². The van der Waals surface area contributed by atoms with Crippen LogP contribution in [0.5, 0.6) is 0 Å². The van der Waals surface area contributed by atoms with E-state index in [1.54, 1.807) is 13.8 Å². The summed E-state index contributed by atoms with van der Waals surface area (Å²) in [5, 5.41) is 7.15. The van der Waals surface area contributed by atoms with Crippen LogP contribution >= 0.6 is 7.60 Å². The van der Waals surface area contributed by atoms with Gasteiger partial charge in [0.2, 0.25) is 0 Å². The summed E-state index contributed by atoms with van der Waals surface area (Å²) in [7, 11) is -3.33. The number of carbonyl (C=O) groups excluding carboxylic acids is 1. The van der Waals surface area contributed by atoms with Gasteiger partial charge >= 0.3 is 19.5 Å². The van der Waals surface area contributed by atoms with Crippen LogP contribution in [0.4, 0.5) is 0 Å². The number of carboxylic acid groups (broad SMARTS) is 1. The molecule has 0 radical (unpaired) electrons. The number of carboxylic acids is 1. The number of esters is 1. The van der Waals surface area contributed by atoms with Gasteiger partial charge in [0.05, 0.1) is 13.2 Å². The minimum Gasteiger partial charge on any atom is -0.478 e. The van der Waals surface area contributed by atoms with Gasteiger partial charge in [0, 0.05) is 19.2 Å². The van der Waals surface area contributed by atoms with Gasteiger partial charge in [-0.25, -0.2) is 4.79 Å². The minimum absolute atomic E-state index is 0.0699. The van der Waals surface area contributed by atoms with Crippen molar-refractivity contribution in [3.8, 4) is 0 Å². The average molecular weight is 490 g/mol. The van der Waals surface area contributed by atoms with E-state index in [9.17, 15) is 14.2 Å². The maximum absolute atomic E-state index is 11.2. The number of hydrogen-bond donors (Lipinski definition) is 3. The fraction of sp³-hybridized carbons (Fsp3) is 0.360. The molecule has 0 aromatic heterocycles. The molecule has 1 aliphatic rings. The topological polar surface area (TPSA) is 124 Å². The van der Waals surface area contributed by atoms with E-state index in [0.717, 1.165) is 12.7 Å². The number of hydrogen-bond acceptors (Lipinski definition) is 5. The highest BCUT2D eigenvalue weighted by molar-refractivity contribution is 7.54. The van der Waals surface area contributed by atoms with E-state index in [2.05, 4.69) is 33.9 Å². The van der Waals surface area contributed by atoms with Crippen molar-refractivity contribution in [2.75, 3.05) is 20.2 Å². The predicted octanol–water partition coefficient (Wildman–Crippen LogP) is 4.00. The Hall–Kier alpha value is -2.77. The van der Waals surface area contributed by atoms with Gasteiger partial charge in [0.1, 0.15) is 0 Å². The first-order valence-corrected chi connectivity index (χ1v) is 12.6. The second-order valence-electron chi connectivity index (χ2n) is 8.04. The van der Waals surface area contributed by atoms with E-state index < -0.39 is 24.7 Å². The van der Waals surface area contributed by atoms with Crippen LogP contribution in [0.1, 0.15) is 43.9 Å². The van der Waals surface area contributed by atoms with Crippen molar-refractivity contribution in [1.82, 2.24) is 4.90 Å². The van der Waals surface area contributed by atoms with Gasteiger partial charge in [-0.05, 0) is 29.5 Å². The number of benzene rings is 2. The minimum atomic E-state index is -4.45. The summed E-state index contributed by atoms with van der Waals surface area (Å²) in [6, 6.07) is 20.9. The SMILES string of the molecule is CCC(CC)(C(=O)OC)P(=O)(O)O.O=C(O)C=C1CN(C(c2ccccc2)c2ccccc2)C1. The third-order valence-electron chi connectivity index (χ3n) is 6.03. The molecule has 0 atom stereocenters. The van der Waals surface area contributed by atoms with E-state index in [4.69, 9.17) is 14.9 Å². The molecule has 3 rings (SSSR count). The van der Waals surface area contributed by atoms with E-state index >= 15 is 0 Å². The normalized spacial score (nSPS) is 14.0. The second-order valence-corrected chi connectivity index (χ2v) is 9.99. The summed E-state index contributed by atoms with van der Waals surface area (Å²) >= 11 is 0. The summed E-state index contributed by atoms with van der Waals surface area (Å²) in [6.45, 7) is 4.53. The number of likely N-dealkylation sites (tertiary alicyclic amines) is 1. The molecule has 0 aliphatic carbocycles.